The Hall–Kier alpha value is -4.43. The summed E-state index contributed by atoms with van der Waals surface area (Å²) in [5.74, 6) is -0.971. The van der Waals surface area contributed by atoms with E-state index in [-0.39, 0.29) is 61.1 Å². The monoisotopic (exact) mass is 834 g/mol. The number of hydrogen-bond donors (Lipinski definition) is 2. The number of benzene rings is 1. The van der Waals surface area contributed by atoms with Crippen molar-refractivity contribution in [3.63, 3.8) is 0 Å². The van der Waals surface area contributed by atoms with Gasteiger partial charge >= 0.3 is 11.9 Å². The normalized spacial score (nSPS) is 27.6. The van der Waals surface area contributed by atoms with E-state index in [0.29, 0.717) is 77.1 Å². The number of carbonyl (C=O) groups excluding carboxylic acids is 3. The quantitative estimate of drug-likeness (QED) is 0.0961. The molecule has 5 aliphatic rings. The molecule has 4 saturated carbocycles. The Bertz CT molecular complexity index is 2100. The van der Waals surface area contributed by atoms with Gasteiger partial charge in [0.2, 0.25) is 5.91 Å². The number of rotatable bonds is 18. The van der Waals surface area contributed by atoms with Gasteiger partial charge in [0, 0.05) is 37.4 Å². The second kappa shape index (κ2) is 16.2. The van der Waals surface area contributed by atoms with Crippen molar-refractivity contribution in [3.05, 3.63) is 29.5 Å². The van der Waals surface area contributed by atoms with E-state index in [1.165, 1.54) is 17.6 Å². The second-order valence-electron chi connectivity index (χ2n) is 18.4. The Balaban J connectivity index is 1.10. The van der Waals surface area contributed by atoms with Gasteiger partial charge in [0.05, 0.1) is 48.2 Å². The largest absolute Gasteiger partial charge is 0.490 e. The molecule has 3 aromatic rings. The summed E-state index contributed by atoms with van der Waals surface area (Å²) in [4.78, 5) is 66.2. The van der Waals surface area contributed by atoms with Gasteiger partial charge in [-0.05, 0) is 73.8 Å². The van der Waals surface area contributed by atoms with E-state index in [0.717, 1.165) is 25.7 Å². The lowest BCUT2D eigenvalue weighted by molar-refractivity contribution is -0.157. The molecule has 15 heteroatoms. The summed E-state index contributed by atoms with van der Waals surface area (Å²) >= 11 is 6.96. The average Bonchev–Trinajstić information content (AvgIpc) is 4.14. The Morgan fingerprint density at radius 2 is 1.80 bits per heavy atom. The van der Waals surface area contributed by atoms with Gasteiger partial charge in [-0.15, -0.1) is 0 Å². The Morgan fingerprint density at radius 1 is 1.03 bits per heavy atom. The number of Topliss-reactive ketones (excluding diaryl/α,β-unsaturated/α-hetero) is 1. The van der Waals surface area contributed by atoms with Crippen molar-refractivity contribution in [2.45, 2.75) is 116 Å². The van der Waals surface area contributed by atoms with E-state index in [2.05, 4.69) is 10.3 Å². The third-order valence-electron chi connectivity index (χ3n) is 13.1. The fourth-order valence-corrected chi connectivity index (χ4v) is 9.54. The van der Waals surface area contributed by atoms with Crippen LogP contribution in [0.4, 0.5) is 6.01 Å². The number of anilines is 1. The van der Waals surface area contributed by atoms with Crippen molar-refractivity contribution in [2.75, 3.05) is 32.2 Å². The first-order valence-corrected chi connectivity index (χ1v) is 21.4. The number of oxazole rings is 1. The summed E-state index contributed by atoms with van der Waals surface area (Å²) in [6.45, 7) is 8.29. The molecule has 318 valence electrons. The van der Waals surface area contributed by atoms with Crippen molar-refractivity contribution >= 4 is 52.1 Å². The summed E-state index contributed by atoms with van der Waals surface area (Å²) in [6.07, 6.45) is 6.53. The highest BCUT2D eigenvalue weighted by Crippen LogP contribution is 2.58. The molecule has 1 saturated heterocycles. The maximum absolute atomic E-state index is 14.8. The smallest absolute Gasteiger partial charge is 0.310 e. The van der Waals surface area contributed by atoms with Gasteiger partial charge in [0.25, 0.3) is 6.01 Å². The van der Waals surface area contributed by atoms with Crippen LogP contribution in [-0.4, -0.2) is 94.8 Å². The molecule has 4 aliphatic carbocycles. The molecule has 1 amide bonds. The first kappa shape index (κ1) is 41.3. The number of methoxy groups -OCH3 is 1. The topological polar surface area (TPSA) is 180 Å². The standard InChI is InChI=1S/C44H55ClN4O10/c1-6-25-19-44(25,41(53)54)20-34(50)33-16-28(21-49(33)40(52)30(43(2,3)4)17-37(51)59-27-14-23-13-24(23)15-27)58-36-18-31(32-22-57-42(48-32)46-26-7-8-26)47-39-29(36)9-10-35(38(39)45)56-12-11-55-5/h9-10,18,22-28,30,33H,6-8,11-17,19-21H2,1-5H3,(H,46,48)(H,53,54)/t23-,24+,25-,27?,28-,30-,33+,44-/m1/s1. The number of carboxylic acid groups (broad SMARTS) is 1. The highest BCUT2D eigenvalue weighted by molar-refractivity contribution is 6.36. The molecule has 14 nitrogen and oxygen atoms in total. The maximum atomic E-state index is 14.8. The number of likely N-dealkylation sites (tertiary alicyclic amines) is 1. The van der Waals surface area contributed by atoms with Crippen LogP contribution < -0.4 is 14.8 Å². The lowest BCUT2D eigenvalue weighted by Crippen LogP contribution is -2.48. The van der Waals surface area contributed by atoms with Crippen molar-refractivity contribution in [2.24, 2.45) is 34.5 Å². The van der Waals surface area contributed by atoms with E-state index in [9.17, 15) is 24.3 Å². The predicted molar refractivity (Wildman–Crippen MR) is 217 cm³/mol. The molecule has 59 heavy (non-hydrogen) atoms. The fraction of sp³-hybridized carbons (Fsp3) is 0.636. The number of ketones is 1. The summed E-state index contributed by atoms with van der Waals surface area (Å²) in [7, 11) is 1.58. The minimum atomic E-state index is -1.16. The Labute approximate surface area is 349 Å². The number of aromatic nitrogens is 2. The summed E-state index contributed by atoms with van der Waals surface area (Å²) in [6, 6.07) is 4.98. The number of amides is 1. The lowest BCUT2D eigenvalue weighted by Gasteiger charge is -2.35. The lowest BCUT2D eigenvalue weighted by atomic mass is 9.77. The van der Waals surface area contributed by atoms with Crippen LogP contribution in [0.5, 0.6) is 11.5 Å². The Kier molecular flexibility index (Phi) is 11.3. The molecule has 0 spiro atoms. The van der Waals surface area contributed by atoms with Gasteiger partial charge in [-0.2, -0.15) is 4.98 Å². The second-order valence-corrected chi connectivity index (χ2v) is 18.8. The van der Waals surface area contributed by atoms with Crippen LogP contribution in [0, 0.1) is 34.5 Å². The summed E-state index contributed by atoms with van der Waals surface area (Å²) in [5.41, 5.74) is -0.561. The number of hydrogen-bond acceptors (Lipinski definition) is 12. The van der Waals surface area contributed by atoms with Crippen molar-refractivity contribution in [1.82, 2.24) is 14.9 Å². The van der Waals surface area contributed by atoms with E-state index < -0.39 is 40.8 Å². The van der Waals surface area contributed by atoms with Crippen LogP contribution >= 0.6 is 11.6 Å². The first-order chi connectivity index (χ1) is 28.2. The van der Waals surface area contributed by atoms with Crippen molar-refractivity contribution in [3.8, 4) is 22.9 Å². The molecule has 1 aliphatic heterocycles. The highest BCUT2D eigenvalue weighted by atomic mass is 35.5. The third-order valence-corrected chi connectivity index (χ3v) is 13.5. The van der Waals surface area contributed by atoms with Crippen LogP contribution in [0.15, 0.2) is 28.9 Å². The number of carbonyl (C=O) groups is 4. The predicted octanol–water partition coefficient (Wildman–Crippen LogP) is 7.35. The van der Waals surface area contributed by atoms with Crippen LogP contribution in [0.3, 0.4) is 0 Å². The van der Waals surface area contributed by atoms with Crippen LogP contribution in [0.2, 0.25) is 5.02 Å². The number of pyridine rings is 1. The van der Waals surface area contributed by atoms with Gasteiger partial charge in [-0.1, -0.05) is 45.7 Å². The summed E-state index contributed by atoms with van der Waals surface area (Å²) < 4.78 is 29.4. The van der Waals surface area contributed by atoms with Crippen LogP contribution in [0.1, 0.15) is 91.9 Å². The van der Waals surface area contributed by atoms with Gasteiger partial charge in [0.15, 0.2) is 5.78 Å². The number of nitrogens with zero attached hydrogens (tertiary/aromatic N) is 3. The zero-order valence-corrected chi connectivity index (χ0v) is 35.2. The van der Waals surface area contributed by atoms with Crippen molar-refractivity contribution < 1.29 is 47.6 Å². The van der Waals surface area contributed by atoms with E-state index in [4.69, 9.17) is 39.9 Å². The zero-order valence-electron chi connectivity index (χ0n) is 34.5. The fourth-order valence-electron chi connectivity index (χ4n) is 9.27. The SMILES string of the molecule is CC[C@@H]1C[C@]1(CC(=O)[C@@H]1C[C@@H](Oc2cc(-c3coc(NC4CC4)n3)nc3c(Cl)c(OCCOC)ccc23)CN1C(=O)[C@@H](CC(=O)OC1C[C@@H]2C[C@@H]2C1)C(C)(C)C)C(=O)O. The molecule has 8 rings (SSSR count). The molecule has 2 N–H and O–H groups in total. The molecule has 8 atom stereocenters. The zero-order chi connectivity index (χ0) is 41.8. The first-order valence-electron chi connectivity index (χ1n) is 21.1. The highest BCUT2D eigenvalue weighted by Gasteiger charge is 2.61. The molecule has 5 fully saturated rings. The molecule has 0 radical (unpaired) electrons. The van der Waals surface area contributed by atoms with E-state index >= 15 is 0 Å². The van der Waals surface area contributed by atoms with Gasteiger partial charge in [-0.25, -0.2) is 4.98 Å². The molecule has 3 heterocycles. The van der Waals surface area contributed by atoms with Crippen molar-refractivity contribution in [1.29, 1.82) is 0 Å². The number of halogens is 1. The minimum absolute atomic E-state index is 0.0324. The summed E-state index contributed by atoms with van der Waals surface area (Å²) in [5, 5.41) is 14.3. The third kappa shape index (κ3) is 8.75. The molecular formula is C44H55ClN4O10. The molecule has 2 aromatic heterocycles. The van der Waals surface area contributed by atoms with Gasteiger partial charge in [0.1, 0.15) is 47.3 Å². The van der Waals surface area contributed by atoms with Crippen LogP contribution in [-0.2, 0) is 28.7 Å². The average molecular weight is 835 g/mol. The number of carboxylic acids is 1. The number of fused-ring (bicyclic) bond motifs is 2. The molecule has 1 aromatic carbocycles. The molecule has 0 bridgehead atoms. The van der Waals surface area contributed by atoms with Crippen LogP contribution in [0.25, 0.3) is 22.3 Å². The maximum Gasteiger partial charge on any atom is 0.310 e. The van der Waals surface area contributed by atoms with Gasteiger partial charge in [-0.3, -0.25) is 19.2 Å². The molecular weight excluding hydrogens is 780 g/mol. The van der Waals surface area contributed by atoms with Gasteiger partial charge < -0.3 is 38.7 Å². The number of esters is 1. The van der Waals surface area contributed by atoms with E-state index in [1.807, 2.05) is 27.7 Å². The minimum Gasteiger partial charge on any atom is -0.490 e. The number of aliphatic carboxylic acids is 1. The number of nitrogens with one attached hydrogen (secondary N) is 1. The molecule has 1 unspecified atom stereocenters. The number of ether oxygens (including phenoxy) is 4. The van der Waals surface area contributed by atoms with E-state index in [1.54, 1.807) is 25.3 Å². The Morgan fingerprint density at radius 3 is 2.46 bits per heavy atom.